The first-order chi connectivity index (χ1) is 11.7. The Morgan fingerprint density at radius 1 is 1.12 bits per heavy atom. The molecule has 1 saturated heterocycles. The van der Waals surface area contributed by atoms with Gasteiger partial charge in [0.2, 0.25) is 0 Å². The molecule has 0 aliphatic carbocycles. The molecular formula is C19H23N3O2. The van der Waals surface area contributed by atoms with Crippen LogP contribution in [0.2, 0.25) is 0 Å². The van der Waals surface area contributed by atoms with Crippen LogP contribution in [0.4, 0.5) is 11.4 Å². The lowest BCUT2D eigenvalue weighted by molar-refractivity contribution is -0.118. The second-order valence-electron chi connectivity index (χ2n) is 5.89. The predicted molar refractivity (Wildman–Crippen MR) is 96.8 cm³/mol. The molecule has 5 heteroatoms. The molecule has 2 aromatic rings. The van der Waals surface area contributed by atoms with Crippen molar-refractivity contribution >= 4 is 17.3 Å². The summed E-state index contributed by atoms with van der Waals surface area (Å²) in [5.74, 6) is 0.579. The van der Waals surface area contributed by atoms with E-state index < -0.39 is 0 Å². The van der Waals surface area contributed by atoms with E-state index in [1.807, 2.05) is 55.5 Å². The smallest absolute Gasteiger partial charge is 0.262 e. The van der Waals surface area contributed by atoms with Crippen LogP contribution in [-0.4, -0.2) is 38.7 Å². The number of carbonyl (C=O) groups excluding carboxylic acids is 1. The highest BCUT2D eigenvalue weighted by Gasteiger charge is 2.10. The van der Waals surface area contributed by atoms with Gasteiger partial charge in [-0.2, -0.15) is 0 Å². The topological polar surface area (TPSA) is 53.6 Å². The van der Waals surface area contributed by atoms with E-state index in [1.54, 1.807) is 0 Å². The maximum Gasteiger partial charge on any atom is 0.262 e. The Labute approximate surface area is 142 Å². The van der Waals surface area contributed by atoms with Crippen LogP contribution in [0.3, 0.4) is 0 Å². The Hall–Kier alpha value is -2.53. The molecule has 2 aromatic carbocycles. The highest BCUT2D eigenvalue weighted by atomic mass is 16.5. The van der Waals surface area contributed by atoms with Gasteiger partial charge in [-0.05, 0) is 42.8 Å². The summed E-state index contributed by atoms with van der Waals surface area (Å²) in [6.45, 7) is 6.00. The Morgan fingerprint density at radius 3 is 2.54 bits per heavy atom. The van der Waals surface area contributed by atoms with Crippen molar-refractivity contribution in [2.24, 2.45) is 0 Å². The van der Waals surface area contributed by atoms with E-state index in [4.69, 9.17) is 4.74 Å². The summed E-state index contributed by atoms with van der Waals surface area (Å²) in [5, 5.41) is 6.21. The third kappa shape index (κ3) is 4.26. The number of nitrogens with zero attached hydrogens (tertiary/aromatic N) is 1. The fourth-order valence-electron chi connectivity index (χ4n) is 2.74. The summed E-state index contributed by atoms with van der Waals surface area (Å²) in [6, 6.07) is 15.6. The Kier molecular flexibility index (Phi) is 5.33. The minimum absolute atomic E-state index is 0.00436. The maximum absolute atomic E-state index is 12.0. The maximum atomic E-state index is 12.0. The van der Waals surface area contributed by atoms with Crippen LogP contribution in [-0.2, 0) is 4.79 Å². The number of benzene rings is 2. The quantitative estimate of drug-likeness (QED) is 0.886. The average molecular weight is 325 g/mol. The molecule has 0 atom stereocenters. The minimum atomic E-state index is -0.159. The van der Waals surface area contributed by atoms with E-state index in [0.717, 1.165) is 43.2 Å². The average Bonchev–Trinajstić information content (AvgIpc) is 2.62. The zero-order chi connectivity index (χ0) is 16.8. The first-order valence-corrected chi connectivity index (χ1v) is 8.26. The molecule has 0 saturated carbocycles. The Bertz CT molecular complexity index is 679. The number of hydrogen-bond donors (Lipinski definition) is 2. The van der Waals surface area contributed by atoms with Gasteiger partial charge < -0.3 is 20.3 Å². The lowest BCUT2D eigenvalue weighted by Crippen LogP contribution is -2.43. The van der Waals surface area contributed by atoms with E-state index in [0.29, 0.717) is 0 Å². The Balaban J connectivity index is 1.52. The first-order valence-electron chi connectivity index (χ1n) is 8.26. The van der Waals surface area contributed by atoms with Gasteiger partial charge in [0.05, 0.1) is 0 Å². The highest BCUT2D eigenvalue weighted by Crippen LogP contribution is 2.19. The van der Waals surface area contributed by atoms with Crippen LogP contribution >= 0.6 is 0 Å². The van der Waals surface area contributed by atoms with E-state index in [2.05, 4.69) is 15.5 Å². The second-order valence-corrected chi connectivity index (χ2v) is 5.89. The van der Waals surface area contributed by atoms with Crippen molar-refractivity contribution in [2.45, 2.75) is 6.92 Å². The Morgan fingerprint density at radius 2 is 1.83 bits per heavy atom. The summed E-state index contributed by atoms with van der Waals surface area (Å²) in [4.78, 5) is 14.4. The van der Waals surface area contributed by atoms with Crippen LogP contribution in [0.25, 0.3) is 0 Å². The number of ether oxygens (including phenoxy) is 1. The molecule has 1 amide bonds. The van der Waals surface area contributed by atoms with Gasteiger partial charge in [-0.1, -0.05) is 18.2 Å². The number of hydrogen-bond acceptors (Lipinski definition) is 4. The molecule has 1 heterocycles. The number of rotatable bonds is 5. The molecule has 1 fully saturated rings. The van der Waals surface area contributed by atoms with Crippen molar-refractivity contribution in [1.29, 1.82) is 0 Å². The fourth-order valence-corrected chi connectivity index (χ4v) is 2.74. The number of piperazine rings is 1. The van der Waals surface area contributed by atoms with Crippen molar-refractivity contribution in [3.8, 4) is 5.75 Å². The van der Waals surface area contributed by atoms with Gasteiger partial charge in [-0.15, -0.1) is 0 Å². The summed E-state index contributed by atoms with van der Waals surface area (Å²) in [6.07, 6.45) is 0. The van der Waals surface area contributed by atoms with E-state index >= 15 is 0 Å². The van der Waals surface area contributed by atoms with Gasteiger partial charge in [0.25, 0.3) is 5.91 Å². The lowest BCUT2D eigenvalue weighted by Gasteiger charge is -2.29. The molecule has 3 rings (SSSR count). The van der Waals surface area contributed by atoms with Crippen molar-refractivity contribution in [1.82, 2.24) is 5.32 Å². The van der Waals surface area contributed by atoms with Gasteiger partial charge in [-0.25, -0.2) is 0 Å². The highest BCUT2D eigenvalue weighted by molar-refractivity contribution is 5.92. The molecule has 1 aliphatic heterocycles. The first kappa shape index (κ1) is 16.3. The molecule has 0 unspecified atom stereocenters. The number of aryl methyl sites for hydroxylation is 1. The van der Waals surface area contributed by atoms with Gasteiger partial charge in [-0.3, -0.25) is 4.79 Å². The van der Waals surface area contributed by atoms with Gasteiger partial charge in [0.1, 0.15) is 5.75 Å². The van der Waals surface area contributed by atoms with E-state index in [1.165, 1.54) is 5.69 Å². The predicted octanol–water partition coefficient (Wildman–Crippen LogP) is 2.42. The number of nitrogens with one attached hydrogen (secondary N) is 2. The van der Waals surface area contributed by atoms with Crippen molar-refractivity contribution < 1.29 is 9.53 Å². The molecule has 0 spiro atoms. The second kappa shape index (κ2) is 7.84. The van der Waals surface area contributed by atoms with Gasteiger partial charge in [0.15, 0.2) is 6.61 Å². The van der Waals surface area contributed by atoms with E-state index in [-0.39, 0.29) is 12.5 Å². The van der Waals surface area contributed by atoms with Crippen molar-refractivity contribution in [3.05, 3.63) is 54.1 Å². The standard InChI is InChI=1S/C19H23N3O2/c1-15-4-2-3-5-18(15)24-14-19(23)21-16-6-8-17(9-7-16)22-12-10-20-11-13-22/h2-9,20H,10-14H2,1H3,(H,21,23). The third-order valence-corrected chi connectivity index (χ3v) is 4.09. The molecule has 0 radical (unpaired) electrons. The normalized spacial score (nSPS) is 14.3. The van der Waals surface area contributed by atoms with Crippen LogP contribution in [0.5, 0.6) is 5.75 Å². The molecule has 0 bridgehead atoms. The van der Waals surface area contributed by atoms with Crippen LogP contribution in [0, 0.1) is 6.92 Å². The zero-order valence-electron chi connectivity index (χ0n) is 13.9. The van der Waals surface area contributed by atoms with Gasteiger partial charge >= 0.3 is 0 Å². The van der Waals surface area contributed by atoms with Crippen LogP contribution in [0.1, 0.15) is 5.56 Å². The summed E-state index contributed by atoms with van der Waals surface area (Å²) < 4.78 is 5.56. The summed E-state index contributed by atoms with van der Waals surface area (Å²) in [5.41, 5.74) is 2.99. The van der Waals surface area contributed by atoms with Gasteiger partial charge in [0, 0.05) is 37.6 Å². The van der Waals surface area contributed by atoms with Crippen LogP contribution < -0.4 is 20.3 Å². The molecule has 126 valence electrons. The molecule has 24 heavy (non-hydrogen) atoms. The zero-order valence-corrected chi connectivity index (χ0v) is 13.9. The SMILES string of the molecule is Cc1ccccc1OCC(=O)Nc1ccc(N2CCNCC2)cc1. The molecule has 1 aliphatic rings. The van der Waals surface area contributed by atoms with Crippen LogP contribution in [0.15, 0.2) is 48.5 Å². The third-order valence-electron chi connectivity index (χ3n) is 4.09. The van der Waals surface area contributed by atoms with Crippen molar-refractivity contribution in [2.75, 3.05) is 43.0 Å². The lowest BCUT2D eigenvalue weighted by atomic mass is 10.2. The molecule has 2 N–H and O–H groups in total. The number of amides is 1. The molecular weight excluding hydrogens is 302 g/mol. The number of para-hydroxylation sites is 1. The summed E-state index contributed by atoms with van der Waals surface area (Å²) >= 11 is 0. The fraction of sp³-hybridized carbons (Fsp3) is 0.316. The largest absolute Gasteiger partial charge is 0.483 e. The monoisotopic (exact) mass is 325 g/mol. The summed E-state index contributed by atoms with van der Waals surface area (Å²) in [7, 11) is 0. The minimum Gasteiger partial charge on any atom is -0.483 e. The number of carbonyl (C=O) groups is 1. The van der Waals surface area contributed by atoms with E-state index in [9.17, 15) is 4.79 Å². The molecule has 5 nitrogen and oxygen atoms in total. The molecule has 0 aromatic heterocycles. The van der Waals surface area contributed by atoms with Crippen molar-refractivity contribution in [3.63, 3.8) is 0 Å². The number of anilines is 2.